The van der Waals surface area contributed by atoms with Crippen LogP contribution in [0.5, 0.6) is 5.75 Å². The molecular formula is C31H42F2O2. The van der Waals surface area contributed by atoms with E-state index in [-0.39, 0.29) is 23.2 Å². The first-order valence-corrected chi connectivity index (χ1v) is 13.9. The van der Waals surface area contributed by atoms with Gasteiger partial charge in [0.1, 0.15) is 17.4 Å². The minimum absolute atomic E-state index is 0.00604. The van der Waals surface area contributed by atoms with Crippen molar-refractivity contribution >= 4 is 5.97 Å². The Morgan fingerprint density at radius 2 is 1.63 bits per heavy atom. The van der Waals surface area contributed by atoms with Gasteiger partial charge < -0.3 is 4.74 Å². The third-order valence-corrected chi connectivity index (χ3v) is 9.07. The van der Waals surface area contributed by atoms with Crippen molar-refractivity contribution in [2.24, 2.45) is 35.5 Å². The van der Waals surface area contributed by atoms with Gasteiger partial charge in [-0.15, -0.1) is 0 Å². The van der Waals surface area contributed by atoms with Crippen molar-refractivity contribution in [1.82, 2.24) is 0 Å². The summed E-state index contributed by atoms with van der Waals surface area (Å²) in [7, 11) is 0. The predicted octanol–water partition coefficient (Wildman–Crippen LogP) is 8.59. The average Bonchev–Trinajstić information content (AvgIpc) is 2.85. The summed E-state index contributed by atoms with van der Waals surface area (Å²) in [5.74, 6) is 1.58. The van der Waals surface area contributed by atoms with Gasteiger partial charge in [0.15, 0.2) is 0 Å². The number of halogens is 2. The lowest BCUT2D eigenvalue weighted by atomic mass is 9.59. The van der Waals surface area contributed by atoms with E-state index in [0.29, 0.717) is 24.7 Å². The lowest BCUT2D eigenvalue weighted by Gasteiger charge is -2.45. The Bertz CT molecular complexity index is 890. The summed E-state index contributed by atoms with van der Waals surface area (Å²) in [5.41, 5.74) is 0.0544. The Morgan fingerprint density at radius 1 is 0.914 bits per heavy atom. The molecule has 3 aliphatic rings. The van der Waals surface area contributed by atoms with Crippen molar-refractivity contribution in [3.8, 4) is 5.75 Å². The maximum atomic E-state index is 14.5. The van der Waals surface area contributed by atoms with Crippen molar-refractivity contribution in [1.29, 1.82) is 0 Å². The molecule has 4 rings (SSSR count). The van der Waals surface area contributed by atoms with E-state index in [1.165, 1.54) is 57.1 Å². The van der Waals surface area contributed by atoms with Gasteiger partial charge in [0.05, 0.1) is 5.92 Å². The van der Waals surface area contributed by atoms with E-state index in [9.17, 15) is 13.6 Å². The second-order valence-electron chi connectivity index (χ2n) is 11.1. The van der Waals surface area contributed by atoms with E-state index in [1.54, 1.807) is 0 Å². The number of benzene rings is 1. The number of ether oxygens (including phenoxy) is 1. The fraction of sp³-hybridized carbons (Fsp3) is 0.645. The summed E-state index contributed by atoms with van der Waals surface area (Å²) in [6.07, 6.45) is 21.1. The molecule has 0 radical (unpaired) electrons. The Kier molecular flexibility index (Phi) is 9.19. The number of allylic oxidation sites excluding steroid dienone is 4. The summed E-state index contributed by atoms with van der Waals surface area (Å²) >= 11 is 0. The van der Waals surface area contributed by atoms with Crippen LogP contribution in [0.2, 0.25) is 0 Å². The Labute approximate surface area is 210 Å². The minimum Gasteiger partial charge on any atom is -0.426 e. The zero-order chi connectivity index (χ0) is 24.8. The number of esters is 1. The van der Waals surface area contributed by atoms with Gasteiger partial charge in [0, 0.05) is 17.7 Å². The van der Waals surface area contributed by atoms with Gasteiger partial charge in [-0.2, -0.15) is 0 Å². The number of carbonyl (C=O) groups excluding carboxylic acids is 1. The van der Waals surface area contributed by atoms with Crippen LogP contribution in [0.4, 0.5) is 8.78 Å². The van der Waals surface area contributed by atoms with E-state index >= 15 is 0 Å². The highest BCUT2D eigenvalue weighted by Gasteiger charge is 2.43. The van der Waals surface area contributed by atoms with Gasteiger partial charge in [-0.1, -0.05) is 37.1 Å². The van der Waals surface area contributed by atoms with Crippen LogP contribution < -0.4 is 4.74 Å². The highest BCUT2D eigenvalue weighted by Crippen LogP contribution is 2.50. The fourth-order valence-corrected chi connectivity index (χ4v) is 7.26. The first-order valence-electron chi connectivity index (χ1n) is 13.9. The van der Waals surface area contributed by atoms with Crippen LogP contribution in [0, 0.1) is 47.1 Å². The molecule has 0 N–H and O–H groups in total. The number of carbonyl (C=O) groups is 1. The van der Waals surface area contributed by atoms with Crippen LogP contribution in [0.15, 0.2) is 36.4 Å². The summed E-state index contributed by atoms with van der Waals surface area (Å²) in [4.78, 5) is 13.1. The van der Waals surface area contributed by atoms with Crippen molar-refractivity contribution in [2.45, 2.75) is 90.9 Å². The smallest absolute Gasteiger partial charge is 0.314 e. The van der Waals surface area contributed by atoms with Crippen molar-refractivity contribution in [2.75, 3.05) is 0 Å². The lowest BCUT2D eigenvalue weighted by molar-refractivity contribution is -0.144. The summed E-state index contributed by atoms with van der Waals surface area (Å²) < 4.78 is 34.6. The number of hydrogen-bond acceptors (Lipinski definition) is 2. The molecular weight excluding hydrogens is 442 g/mol. The maximum Gasteiger partial charge on any atom is 0.314 e. The van der Waals surface area contributed by atoms with Gasteiger partial charge in [-0.05, 0) is 108 Å². The highest BCUT2D eigenvalue weighted by molar-refractivity contribution is 5.75. The Balaban J connectivity index is 1.34. The van der Waals surface area contributed by atoms with Crippen LogP contribution in [0.3, 0.4) is 0 Å². The van der Waals surface area contributed by atoms with Crippen LogP contribution in [0.1, 0.15) is 90.0 Å². The van der Waals surface area contributed by atoms with Crippen LogP contribution in [0.25, 0.3) is 0 Å². The predicted molar refractivity (Wildman–Crippen MR) is 137 cm³/mol. The zero-order valence-corrected chi connectivity index (χ0v) is 21.5. The quantitative estimate of drug-likeness (QED) is 0.220. The SMILES string of the molecule is C/C=C/CCc1c(F)cc(OC(=O)C2CCCC3CC(C4CCC(/C=C/C)CC4)CCC32)cc1F. The molecule has 35 heavy (non-hydrogen) atoms. The maximum absolute atomic E-state index is 14.5. The molecule has 0 aliphatic heterocycles. The molecule has 4 atom stereocenters. The first kappa shape index (κ1) is 26.1. The molecule has 0 saturated heterocycles. The topological polar surface area (TPSA) is 26.3 Å². The highest BCUT2D eigenvalue weighted by atomic mass is 19.1. The monoisotopic (exact) mass is 484 g/mol. The van der Waals surface area contributed by atoms with E-state index in [1.807, 2.05) is 19.1 Å². The van der Waals surface area contributed by atoms with Gasteiger partial charge in [0.2, 0.25) is 0 Å². The molecule has 0 aromatic heterocycles. The summed E-state index contributed by atoms with van der Waals surface area (Å²) in [5, 5.41) is 0. The lowest BCUT2D eigenvalue weighted by Crippen LogP contribution is -2.40. The molecule has 2 nitrogen and oxygen atoms in total. The third kappa shape index (κ3) is 6.43. The Morgan fingerprint density at radius 3 is 2.31 bits per heavy atom. The molecule has 4 heteroatoms. The summed E-state index contributed by atoms with van der Waals surface area (Å²) in [6, 6.07) is 2.35. The molecule has 192 valence electrons. The fourth-order valence-electron chi connectivity index (χ4n) is 7.26. The molecule has 3 fully saturated rings. The molecule has 1 aromatic rings. The van der Waals surface area contributed by atoms with Crippen LogP contribution in [-0.2, 0) is 11.2 Å². The molecule has 3 aliphatic carbocycles. The average molecular weight is 485 g/mol. The van der Waals surface area contributed by atoms with Crippen molar-refractivity contribution < 1.29 is 18.3 Å². The first-order chi connectivity index (χ1) is 17.0. The number of fused-ring (bicyclic) bond motifs is 1. The number of rotatable bonds is 7. The largest absolute Gasteiger partial charge is 0.426 e. The summed E-state index contributed by atoms with van der Waals surface area (Å²) in [6.45, 7) is 4.00. The molecule has 0 spiro atoms. The van der Waals surface area contributed by atoms with Gasteiger partial charge in [-0.25, -0.2) is 8.78 Å². The second-order valence-corrected chi connectivity index (χ2v) is 11.1. The molecule has 4 unspecified atom stereocenters. The molecule has 0 bridgehead atoms. The van der Waals surface area contributed by atoms with Gasteiger partial charge >= 0.3 is 5.97 Å². The van der Waals surface area contributed by atoms with Gasteiger partial charge in [-0.3, -0.25) is 4.79 Å². The zero-order valence-electron chi connectivity index (χ0n) is 21.5. The van der Waals surface area contributed by atoms with Crippen LogP contribution in [-0.4, -0.2) is 5.97 Å². The molecule has 3 saturated carbocycles. The Hall–Kier alpha value is -1.97. The van der Waals surface area contributed by atoms with Crippen LogP contribution >= 0.6 is 0 Å². The van der Waals surface area contributed by atoms with Crippen molar-refractivity contribution in [3.05, 3.63) is 53.6 Å². The third-order valence-electron chi connectivity index (χ3n) is 9.07. The number of hydrogen-bond donors (Lipinski definition) is 0. The van der Waals surface area contributed by atoms with Crippen molar-refractivity contribution in [3.63, 3.8) is 0 Å². The minimum atomic E-state index is -0.636. The normalized spacial score (nSPS) is 31.5. The molecule has 1 aromatic carbocycles. The van der Waals surface area contributed by atoms with E-state index in [4.69, 9.17) is 4.74 Å². The second kappa shape index (κ2) is 12.3. The molecule has 0 heterocycles. The van der Waals surface area contributed by atoms with E-state index < -0.39 is 11.6 Å². The standard InChI is InChI=1S/C31H42F2O2/c1-3-5-6-10-28-29(32)19-25(20-30(28)33)35-31(34)27-11-7-9-24-18-23(16-17-26(24)27)22-14-12-21(8-4-2)13-15-22/h3-5,8,19-24,26-27H,6-7,9-18H2,1-2H3/b5-3+,8-4+. The van der Waals surface area contributed by atoms with E-state index in [2.05, 4.69) is 19.1 Å². The van der Waals surface area contributed by atoms with E-state index in [0.717, 1.165) is 37.0 Å². The molecule has 0 amide bonds. The van der Waals surface area contributed by atoms with Gasteiger partial charge in [0.25, 0.3) is 0 Å².